The molecule has 0 radical (unpaired) electrons. The number of hydrogen-bond acceptors (Lipinski definition) is 5. The zero-order valence-corrected chi connectivity index (χ0v) is 16.9. The molecule has 4 aromatic rings. The molecule has 2 atom stereocenters. The molecule has 156 valence electrons. The smallest absolute Gasteiger partial charge is 0.228 e. The third kappa shape index (κ3) is 3.72. The van der Waals surface area contributed by atoms with Gasteiger partial charge >= 0.3 is 0 Å². The van der Waals surface area contributed by atoms with Crippen molar-refractivity contribution in [3.05, 3.63) is 66.7 Å². The molecule has 0 aliphatic heterocycles. The first-order valence-electron chi connectivity index (χ1n) is 10.4. The van der Waals surface area contributed by atoms with Gasteiger partial charge in [0.15, 0.2) is 11.4 Å². The van der Waals surface area contributed by atoms with Gasteiger partial charge < -0.3 is 5.32 Å². The molecule has 8 heteroatoms. The quantitative estimate of drug-likeness (QED) is 0.484. The molecule has 5 rings (SSSR count). The van der Waals surface area contributed by atoms with Crippen LogP contribution in [0.25, 0.3) is 16.9 Å². The Kier molecular flexibility index (Phi) is 5.03. The zero-order valence-electron chi connectivity index (χ0n) is 16.9. The molecule has 2 N–H and O–H groups in total. The average molecular weight is 414 g/mol. The van der Waals surface area contributed by atoms with Gasteiger partial charge in [-0.05, 0) is 30.5 Å². The standard InChI is InChI=1S/C23H22N6O2/c30-21(16-8-6-15(7-9-16)19-10-12-25-28-19)17-4-1-2-5-18(17)23(31)27-20-14-26-29-13-3-11-24-22(20)29/h3,6-14,17-18H,1-2,4-5H2,(H,25,28)(H,27,31)/t17-,18-/m1/s1. The number of nitrogens with one attached hydrogen (secondary N) is 2. The SMILES string of the molecule is O=C(Nc1cnn2cccnc12)[C@@H]1CCCC[C@H]1C(=O)c1ccc(-c2ccn[nH]2)cc1. The first kappa shape index (κ1) is 19.2. The van der Waals surface area contributed by atoms with Crippen LogP contribution in [-0.2, 0) is 4.79 Å². The molecule has 31 heavy (non-hydrogen) atoms. The van der Waals surface area contributed by atoms with Crippen LogP contribution in [0.1, 0.15) is 36.0 Å². The lowest BCUT2D eigenvalue weighted by molar-refractivity contribution is -0.121. The van der Waals surface area contributed by atoms with Crippen molar-refractivity contribution in [3.8, 4) is 11.3 Å². The Morgan fingerprint density at radius 3 is 2.61 bits per heavy atom. The number of anilines is 1. The Bertz CT molecular complexity index is 1210. The predicted octanol–water partition coefficient (Wildman–Crippen LogP) is 3.75. The van der Waals surface area contributed by atoms with Crippen molar-refractivity contribution in [2.24, 2.45) is 11.8 Å². The molecule has 0 saturated heterocycles. The Hall–Kier alpha value is -3.81. The molecular formula is C23H22N6O2. The monoisotopic (exact) mass is 414 g/mol. The van der Waals surface area contributed by atoms with E-state index in [1.54, 1.807) is 35.4 Å². The van der Waals surface area contributed by atoms with Gasteiger partial charge in [0.1, 0.15) is 5.69 Å². The summed E-state index contributed by atoms with van der Waals surface area (Å²) in [4.78, 5) is 30.7. The Labute approximate surface area is 178 Å². The van der Waals surface area contributed by atoms with E-state index in [2.05, 4.69) is 25.6 Å². The molecule has 3 aromatic heterocycles. The van der Waals surface area contributed by atoms with Crippen molar-refractivity contribution in [1.29, 1.82) is 0 Å². The van der Waals surface area contributed by atoms with E-state index in [1.807, 2.05) is 30.3 Å². The highest BCUT2D eigenvalue weighted by Crippen LogP contribution is 2.34. The minimum Gasteiger partial charge on any atom is -0.321 e. The normalized spacial score (nSPS) is 18.7. The number of rotatable bonds is 5. The minimum absolute atomic E-state index is 0.0222. The molecule has 3 heterocycles. The van der Waals surface area contributed by atoms with Gasteiger partial charge in [-0.25, -0.2) is 9.50 Å². The Morgan fingerprint density at radius 1 is 1.03 bits per heavy atom. The van der Waals surface area contributed by atoms with Gasteiger partial charge in [-0.3, -0.25) is 14.7 Å². The molecule has 8 nitrogen and oxygen atoms in total. The fraction of sp³-hybridized carbons (Fsp3) is 0.261. The first-order chi connectivity index (χ1) is 15.2. The fourth-order valence-corrected chi connectivity index (χ4v) is 4.34. The van der Waals surface area contributed by atoms with Crippen LogP contribution in [0.5, 0.6) is 0 Å². The lowest BCUT2D eigenvalue weighted by Crippen LogP contribution is -2.36. The summed E-state index contributed by atoms with van der Waals surface area (Å²) in [7, 11) is 0. The number of carbonyl (C=O) groups excluding carboxylic acids is 2. The third-order valence-electron chi connectivity index (χ3n) is 5.96. The van der Waals surface area contributed by atoms with Crippen molar-refractivity contribution in [3.63, 3.8) is 0 Å². The maximum Gasteiger partial charge on any atom is 0.228 e. The van der Waals surface area contributed by atoms with Gasteiger partial charge in [0, 0.05) is 36.0 Å². The molecule has 1 aromatic carbocycles. The molecule has 1 amide bonds. The molecule has 1 saturated carbocycles. The van der Waals surface area contributed by atoms with E-state index in [4.69, 9.17) is 0 Å². The third-order valence-corrected chi connectivity index (χ3v) is 5.96. The van der Waals surface area contributed by atoms with Crippen LogP contribution in [0, 0.1) is 11.8 Å². The van der Waals surface area contributed by atoms with Gasteiger partial charge in [-0.1, -0.05) is 37.1 Å². The van der Waals surface area contributed by atoms with Crippen LogP contribution >= 0.6 is 0 Å². The molecule has 1 aliphatic rings. The number of fused-ring (bicyclic) bond motifs is 1. The highest BCUT2D eigenvalue weighted by molar-refractivity contribution is 6.03. The number of hydrogen-bond donors (Lipinski definition) is 2. The number of H-pyrrole nitrogens is 1. The fourth-order valence-electron chi connectivity index (χ4n) is 4.34. The summed E-state index contributed by atoms with van der Waals surface area (Å²) in [6, 6.07) is 11.1. The van der Waals surface area contributed by atoms with E-state index >= 15 is 0 Å². The van der Waals surface area contributed by atoms with Gasteiger partial charge in [-0.2, -0.15) is 10.2 Å². The van der Waals surface area contributed by atoms with E-state index in [0.29, 0.717) is 29.7 Å². The second-order valence-corrected chi connectivity index (χ2v) is 7.84. The molecule has 1 aliphatic carbocycles. The lowest BCUT2D eigenvalue weighted by Gasteiger charge is -2.29. The molecule has 1 fully saturated rings. The summed E-state index contributed by atoms with van der Waals surface area (Å²) >= 11 is 0. The van der Waals surface area contributed by atoms with Crippen LogP contribution in [0.2, 0.25) is 0 Å². The van der Waals surface area contributed by atoms with Crippen molar-refractivity contribution >= 4 is 23.0 Å². The maximum absolute atomic E-state index is 13.3. The van der Waals surface area contributed by atoms with Crippen LogP contribution < -0.4 is 5.32 Å². The van der Waals surface area contributed by atoms with Gasteiger partial charge in [-0.15, -0.1) is 0 Å². The van der Waals surface area contributed by atoms with Crippen molar-refractivity contribution < 1.29 is 9.59 Å². The topological polar surface area (TPSA) is 105 Å². The van der Waals surface area contributed by atoms with Crippen molar-refractivity contribution in [1.82, 2.24) is 24.8 Å². The van der Waals surface area contributed by atoms with Gasteiger partial charge in [0.05, 0.1) is 11.9 Å². The average Bonchev–Trinajstić information content (AvgIpc) is 3.50. The largest absolute Gasteiger partial charge is 0.321 e. The van der Waals surface area contributed by atoms with Crippen LogP contribution in [0.4, 0.5) is 5.69 Å². The molecule has 0 unspecified atom stereocenters. The predicted molar refractivity (Wildman–Crippen MR) is 115 cm³/mol. The van der Waals surface area contributed by atoms with E-state index in [1.165, 1.54) is 0 Å². The van der Waals surface area contributed by atoms with E-state index < -0.39 is 0 Å². The van der Waals surface area contributed by atoms with Crippen molar-refractivity contribution in [2.45, 2.75) is 25.7 Å². The number of Topliss-reactive ketones (excluding diaryl/α,β-unsaturated/α-hetero) is 1. The number of nitrogens with zero attached hydrogens (tertiary/aromatic N) is 4. The summed E-state index contributed by atoms with van der Waals surface area (Å²) in [6.45, 7) is 0. The number of ketones is 1. The van der Waals surface area contributed by atoms with Crippen LogP contribution in [0.15, 0.2) is 61.2 Å². The number of aromatic nitrogens is 5. The number of amides is 1. The summed E-state index contributed by atoms with van der Waals surface area (Å²) in [5, 5.41) is 14.0. The summed E-state index contributed by atoms with van der Waals surface area (Å²) in [5.41, 5.74) is 3.64. The van der Waals surface area contributed by atoms with Crippen LogP contribution in [0.3, 0.4) is 0 Å². The Balaban J connectivity index is 1.35. The van der Waals surface area contributed by atoms with Gasteiger partial charge in [0.25, 0.3) is 0 Å². The van der Waals surface area contributed by atoms with Crippen molar-refractivity contribution in [2.75, 3.05) is 5.32 Å². The molecule has 0 spiro atoms. The Morgan fingerprint density at radius 2 is 1.84 bits per heavy atom. The highest BCUT2D eigenvalue weighted by atomic mass is 16.2. The molecule has 0 bridgehead atoms. The highest BCUT2D eigenvalue weighted by Gasteiger charge is 2.36. The minimum atomic E-state index is -0.368. The summed E-state index contributed by atoms with van der Waals surface area (Å²) in [6.07, 6.45) is 10.0. The lowest BCUT2D eigenvalue weighted by atomic mass is 9.75. The second kappa shape index (κ2) is 8.14. The summed E-state index contributed by atoms with van der Waals surface area (Å²) < 4.78 is 1.61. The van der Waals surface area contributed by atoms with E-state index in [9.17, 15) is 9.59 Å². The van der Waals surface area contributed by atoms with E-state index in [-0.39, 0.29) is 23.5 Å². The number of carbonyl (C=O) groups is 2. The van der Waals surface area contributed by atoms with Gasteiger partial charge in [0.2, 0.25) is 5.91 Å². The summed E-state index contributed by atoms with van der Waals surface area (Å²) in [5.74, 6) is -0.824. The zero-order chi connectivity index (χ0) is 21.2. The van der Waals surface area contributed by atoms with Crippen LogP contribution in [-0.4, -0.2) is 36.5 Å². The van der Waals surface area contributed by atoms with E-state index in [0.717, 1.165) is 24.1 Å². The number of aromatic amines is 1. The number of benzene rings is 1. The molecular weight excluding hydrogens is 392 g/mol. The maximum atomic E-state index is 13.3. The second-order valence-electron chi connectivity index (χ2n) is 7.84. The first-order valence-corrected chi connectivity index (χ1v) is 10.4.